The van der Waals surface area contributed by atoms with E-state index in [0.717, 1.165) is 67.9 Å². The molecule has 3 N–H and O–H groups in total. The first-order chi connectivity index (χ1) is 25.0. The summed E-state index contributed by atoms with van der Waals surface area (Å²) in [6.07, 6.45) is 13.2. The highest BCUT2D eigenvalue weighted by Crippen LogP contribution is 2.31. The summed E-state index contributed by atoms with van der Waals surface area (Å²) in [6.45, 7) is 16.8. The molecule has 1 saturated heterocycles. The summed E-state index contributed by atoms with van der Waals surface area (Å²) in [7, 11) is 0. The molecule has 3 heterocycles. The van der Waals surface area contributed by atoms with Gasteiger partial charge in [0, 0.05) is 42.1 Å². The highest BCUT2D eigenvalue weighted by atomic mass is 35.5. The summed E-state index contributed by atoms with van der Waals surface area (Å²) in [5.41, 5.74) is 2.49. The lowest BCUT2D eigenvalue weighted by Gasteiger charge is -2.26. The first-order valence-electron chi connectivity index (χ1n) is 18.6. The number of hydrogen-bond acceptors (Lipinski definition) is 7. The smallest absolute Gasteiger partial charge is 0.252 e. The first kappa shape index (κ1) is 42.8. The van der Waals surface area contributed by atoms with E-state index in [1.807, 2.05) is 45.2 Å². The molecular formula is C39H57ClN6O5S. The molecule has 1 aliphatic heterocycles. The maximum Gasteiger partial charge on any atom is 0.252 e. The number of hydrogen-bond donors (Lipinski definition) is 3. The number of rotatable bonds is 14. The van der Waals surface area contributed by atoms with Gasteiger partial charge < -0.3 is 24.7 Å². The van der Waals surface area contributed by atoms with Crippen LogP contribution in [0.4, 0.5) is 0 Å². The van der Waals surface area contributed by atoms with Crippen molar-refractivity contribution in [3.05, 3.63) is 69.6 Å². The zero-order chi connectivity index (χ0) is 38.2. The Kier molecular flexibility index (Phi) is 17.9. The molecule has 2 atom stereocenters. The fraction of sp³-hybridized carbons (Fsp3) is 0.564. The number of unbranched alkanes of at least 4 members (excludes halogenated alkanes) is 2. The number of pyridine rings is 1. The number of ether oxygens (including phenoxy) is 1. The Balaban J connectivity index is 0.000000227. The number of aryl methyl sites for hydroxylation is 1. The molecule has 3 amide bonds. The average molecular weight is 757 g/mol. The molecule has 3 fully saturated rings. The fourth-order valence-corrected chi connectivity index (χ4v) is 6.20. The van der Waals surface area contributed by atoms with Gasteiger partial charge in [0.1, 0.15) is 18.0 Å². The van der Waals surface area contributed by atoms with Crippen LogP contribution in [0.25, 0.3) is 16.7 Å². The second-order valence-electron chi connectivity index (χ2n) is 13.3. The van der Waals surface area contributed by atoms with Crippen molar-refractivity contribution in [2.24, 2.45) is 0 Å². The summed E-state index contributed by atoms with van der Waals surface area (Å²) in [5, 5.41) is 9.37. The van der Waals surface area contributed by atoms with E-state index >= 15 is 0 Å². The number of carbonyl (C=O) groups excluding carboxylic acids is 3. The molecule has 286 valence electrons. The van der Waals surface area contributed by atoms with Crippen LogP contribution in [-0.2, 0) is 19.1 Å². The van der Waals surface area contributed by atoms with E-state index in [9.17, 15) is 19.2 Å². The van der Waals surface area contributed by atoms with E-state index in [4.69, 9.17) is 16.3 Å². The average Bonchev–Trinajstić information content (AvgIpc) is 4.04. The third-order valence-corrected chi connectivity index (χ3v) is 10.2. The fourth-order valence-electron chi connectivity index (χ4n) is 5.37. The van der Waals surface area contributed by atoms with Crippen molar-refractivity contribution in [2.75, 3.05) is 13.2 Å². The lowest BCUT2D eigenvalue weighted by atomic mass is 10.1. The maximum absolute atomic E-state index is 12.5. The van der Waals surface area contributed by atoms with Gasteiger partial charge in [-0.15, -0.1) is 6.58 Å². The minimum atomic E-state index is -0.474. The second kappa shape index (κ2) is 21.8. The standard InChI is InChI=1S/C17H28N2O3.C16H16ClN3O.C4H7NOS.C2H6/c1-3-4-5-6-12-22-13(2)17(21)19-11-7-8-15(19)16(20)18-14-9-10-14;1-9(2)12-6-7-20(19-12)14-8-13(21)11-5-4-10(3)15(17)16(11)18-14;6-3-5-7-4-1-2-4;1-2/h3,13-15H,1,4-12H2,2H3,(H,18,20);4-9H,1-3H3,(H,18,21);3-4H,1-2H2,(H,5,6);1-2H3/t13-,15?;;;/m1.../s1. The number of likely N-dealkylation sites (tertiary alicyclic amines) is 1. The predicted octanol–water partition coefficient (Wildman–Crippen LogP) is 7.39. The van der Waals surface area contributed by atoms with Gasteiger partial charge in [0.2, 0.25) is 12.3 Å². The Morgan fingerprint density at radius 2 is 1.87 bits per heavy atom. The van der Waals surface area contributed by atoms with Gasteiger partial charge in [0.05, 0.1) is 16.2 Å². The Morgan fingerprint density at radius 3 is 2.48 bits per heavy atom. The van der Waals surface area contributed by atoms with Gasteiger partial charge in [-0.1, -0.05) is 51.4 Å². The number of aromatic amines is 1. The van der Waals surface area contributed by atoms with Crippen LogP contribution in [0.1, 0.15) is 110 Å². The lowest BCUT2D eigenvalue weighted by Crippen LogP contribution is -2.49. The summed E-state index contributed by atoms with van der Waals surface area (Å²) in [5.74, 6) is 0.903. The zero-order valence-corrected chi connectivity index (χ0v) is 33.2. The van der Waals surface area contributed by atoms with Gasteiger partial charge in [0.25, 0.3) is 5.91 Å². The Morgan fingerprint density at radius 1 is 1.13 bits per heavy atom. The molecular weight excluding hydrogens is 700 g/mol. The third-order valence-electron chi connectivity index (χ3n) is 8.66. The van der Waals surface area contributed by atoms with Gasteiger partial charge in [-0.3, -0.25) is 19.2 Å². The molecule has 1 unspecified atom stereocenters. The third kappa shape index (κ3) is 13.1. The topological polar surface area (TPSA) is 138 Å². The molecule has 2 aromatic heterocycles. The number of benzene rings is 1. The van der Waals surface area contributed by atoms with Crippen molar-refractivity contribution in [3.8, 4) is 5.82 Å². The largest absolute Gasteiger partial charge is 0.369 e. The molecule has 0 radical (unpaired) electrons. The van der Waals surface area contributed by atoms with E-state index in [-0.39, 0.29) is 23.3 Å². The van der Waals surface area contributed by atoms with Gasteiger partial charge in [0.15, 0.2) is 5.43 Å². The van der Waals surface area contributed by atoms with Crippen LogP contribution < -0.4 is 15.5 Å². The summed E-state index contributed by atoms with van der Waals surface area (Å²) in [4.78, 5) is 51.5. The number of amides is 3. The van der Waals surface area contributed by atoms with Crippen molar-refractivity contribution < 1.29 is 19.1 Å². The van der Waals surface area contributed by atoms with Crippen LogP contribution in [0.5, 0.6) is 0 Å². The normalized spacial score (nSPS) is 16.8. The van der Waals surface area contributed by atoms with Crippen LogP contribution in [0, 0.1) is 6.92 Å². The van der Waals surface area contributed by atoms with E-state index in [2.05, 4.69) is 40.5 Å². The summed E-state index contributed by atoms with van der Waals surface area (Å²) >= 11 is 7.84. The van der Waals surface area contributed by atoms with Crippen molar-refractivity contribution in [2.45, 2.75) is 129 Å². The minimum absolute atomic E-state index is 0.00605. The molecule has 0 bridgehead atoms. The van der Waals surface area contributed by atoms with Crippen LogP contribution in [0.3, 0.4) is 0 Å². The van der Waals surface area contributed by atoms with Crippen molar-refractivity contribution in [1.82, 2.24) is 29.7 Å². The van der Waals surface area contributed by atoms with E-state index in [1.165, 1.54) is 24.8 Å². The van der Waals surface area contributed by atoms with E-state index in [1.54, 1.807) is 28.6 Å². The molecule has 52 heavy (non-hydrogen) atoms. The van der Waals surface area contributed by atoms with E-state index in [0.29, 0.717) is 46.9 Å². The number of halogens is 1. The van der Waals surface area contributed by atoms with Crippen molar-refractivity contribution in [3.63, 3.8) is 0 Å². The molecule has 2 saturated carbocycles. The Labute approximate surface area is 317 Å². The van der Waals surface area contributed by atoms with Gasteiger partial charge in [-0.05, 0) is 107 Å². The highest BCUT2D eigenvalue weighted by molar-refractivity contribution is 7.98. The molecule has 0 spiro atoms. The molecule has 1 aromatic carbocycles. The number of nitrogens with one attached hydrogen (secondary N) is 3. The SMILES string of the molecule is C=CCCCCO[C@H](C)C(=O)N1CCCC1C(=O)NC1CC1.CC.Cc1ccc2c(=O)cc(-n3ccc(C(C)C)n3)[nH]c2c1Cl.O=CNSC1CC1. The molecule has 13 heteroatoms. The zero-order valence-electron chi connectivity index (χ0n) is 31.6. The molecule has 3 aliphatic rings. The Hall–Kier alpha value is -3.61. The van der Waals surface area contributed by atoms with Gasteiger partial charge in [-0.25, -0.2) is 4.68 Å². The predicted molar refractivity (Wildman–Crippen MR) is 212 cm³/mol. The minimum Gasteiger partial charge on any atom is -0.369 e. The van der Waals surface area contributed by atoms with Crippen LogP contribution in [0.2, 0.25) is 5.02 Å². The number of carbonyl (C=O) groups is 3. The van der Waals surface area contributed by atoms with Crippen LogP contribution in [0.15, 0.2) is 47.9 Å². The van der Waals surface area contributed by atoms with Gasteiger partial charge in [-0.2, -0.15) is 5.10 Å². The van der Waals surface area contributed by atoms with E-state index < -0.39 is 6.10 Å². The quantitative estimate of drug-likeness (QED) is 0.0675. The first-order valence-corrected chi connectivity index (χ1v) is 19.9. The number of nitrogens with zero attached hydrogens (tertiary/aromatic N) is 3. The van der Waals surface area contributed by atoms with Crippen LogP contribution in [-0.4, -0.2) is 74.5 Å². The number of allylic oxidation sites excluding steroid dienone is 1. The summed E-state index contributed by atoms with van der Waals surface area (Å²) in [6, 6.07) is 7.17. The second-order valence-corrected chi connectivity index (χ2v) is 14.8. The molecule has 2 aliphatic carbocycles. The number of fused-ring (bicyclic) bond motifs is 1. The van der Waals surface area contributed by atoms with Crippen molar-refractivity contribution in [1.29, 1.82) is 0 Å². The van der Waals surface area contributed by atoms with Crippen molar-refractivity contribution >= 4 is 52.7 Å². The highest BCUT2D eigenvalue weighted by Gasteiger charge is 2.38. The number of aromatic nitrogens is 3. The van der Waals surface area contributed by atoms with Gasteiger partial charge >= 0.3 is 0 Å². The molecule has 3 aromatic rings. The summed E-state index contributed by atoms with van der Waals surface area (Å²) < 4.78 is 9.85. The monoisotopic (exact) mass is 756 g/mol. The Bertz CT molecular complexity index is 1670. The van der Waals surface area contributed by atoms with Crippen LogP contribution >= 0.6 is 23.5 Å². The number of H-pyrrole nitrogens is 1. The maximum atomic E-state index is 12.5. The molecule has 11 nitrogen and oxygen atoms in total. The lowest BCUT2D eigenvalue weighted by molar-refractivity contribution is -0.147. The molecule has 6 rings (SSSR count).